The summed E-state index contributed by atoms with van der Waals surface area (Å²) in [6.07, 6.45) is 1.93. The normalized spacial score (nSPS) is 10.9. The zero-order valence-electron chi connectivity index (χ0n) is 17.4. The van der Waals surface area contributed by atoms with Crippen LogP contribution in [0.1, 0.15) is 65.2 Å². The molecule has 1 aromatic heterocycles. The molecule has 0 atom stereocenters. The van der Waals surface area contributed by atoms with Gasteiger partial charge in [0.1, 0.15) is 5.69 Å². The number of amides is 1. The van der Waals surface area contributed by atoms with Gasteiger partial charge in [0.25, 0.3) is 5.91 Å². The number of aromatic nitrogens is 1. The van der Waals surface area contributed by atoms with Gasteiger partial charge in [-0.15, -0.1) is 0 Å². The van der Waals surface area contributed by atoms with E-state index < -0.39 is 0 Å². The molecular formula is C23H30N2O4. The van der Waals surface area contributed by atoms with Gasteiger partial charge in [0.05, 0.1) is 0 Å². The molecule has 156 valence electrons. The van der Waals surface area contributed by atoms with Crippen molar-refractivity contribution in [3.63, 3.8) is 0 Å². The highest BCUT2D eigenvalue weighted by molar-refractivity contribution is 5.99. The molecule has 0 aliphatic rings. The summed E-state index contributed by atoms with van der Waals surface area (Å²) in [6, 6.07) is 13.2. The summed E-state index contributed by atoms with van der Waals surface area (Å²) in [5.74, 6) is -0.319. The molecule has 0 aliphatic carbocycles. The fourth-order valence-corrected chi connectivity index (χ4v) is 3.05. The Morgan fingerprint density at radius 2 is 1.76 bits per heavy atom. The molecule has 0 bridgehead atoms. The fourth-order valence-electron chi connectivity index (χ4n) is 3.05. The summed E-state index contributed by atoms with van der Waals surface area (Å²) in [4.78, 5) is 29.3. The average Bonchev–Trinajstić information content (AvgIpc) is 2.74. The van der Waals surface area contributed by atoms with E-state index >= 15 is 0 Å². The number of carbonyl (C=O) groups excluding carboxylic acids is 2. The number of carbonyl (C=O) groups is 2. The smallest absolute Gasteiger partial charge is 0.269 e. The van der Waals surface area contributed by atoms with Gasteiger partial charge in [-0.3, -0.25) is 9.59 Å². The van der Waals surface area contributed by atoms with Gasteiger partial charge in [-0.05, 0) is 44.4 Å². The number of nitrogens with one attached hydrogen (secondary N) is 1. The largest absolute Gasteiger partial charge is 0.354 e. The molecule has 2 aromatic rings. The van der Waals surface area contributed by atoms with Crippen LogP contribution in [0, 0.1) is 0 Å². The first-order chi connectivity index (χ1) is 14.1. The fraction of sp³-hybridized carbons (Fsp3) is 0.435. The number of ketones is 1. The highest BCUT2D eigenvalue weighted by atomic mass is 16.7. The van der Waals surface area contributed by atoms with E-state index in [1.165, 1.54) is 0 Å². The van der Waals surface area contributed by atoms with Crippen molar-refractivity contribution in [2.45, 2.75) is 45.8 Å². The number of pyridine rings is 1. The number of Topliss-reactive ketones (excluding diaryl/α,β-unsaturated/α-hetero) is 1. The van der Waals surface area contributed by atoms with E-state index in [2.05, 4.69) is 10.3 Å². The van der Waals surface area contributed by atoms with Crippen molar-refractivity contribution in [2.75, 3.05) is 20.3 Å². The quantitative estimate of drug-likeness (QED) is 0.435. The second-order valence-electron chi connectivity index (χ2n) is 6.63. The van der Waals surface area contributed by atoms with Crippen LogP contribution in [0.4, 0.5) is 0 Å². The maximum Gasteiger partial charge on any atom is 0.269 e. The Morgan fingerprint density at radius 1 is 1.07 bits per heavy atom. The van der Waals surface area contributed by atoms with Crippen molar-refractivity contribution in [1.29, 1.82) is 0 Å². The van der Waals surface area contributed by atoms with Crippen LogP contribution >= 0.6 is 0 Å². The molecule has 1 heterocycles. The Balaban J connectivity index is 2.11. The second-order valence-corrected chi connectivity index (χ2v) is 6.63. The van der Waals surface area contributed by atoms with Crippen LogP contribution in [0.5, 0.6) is 0 Å². The van der Waals surface area contributed by atoms with E-state index in [4.69, 9.17) is 9.47 Å². The Labute approximate surface area is 172 Å². The maximum atomic E-state index is 12.8. The monoisotopic (exact) mass is 398 g/mol. The van der Waals surface area contributed by atoms with E-state index in [1.54, 1.807) is 19.2 Å². The number of nitrogens with zero attached hydrogens (tertiary/aromatic N) is 1. The minimum Gasteiger partial charge on any atom is -0.354 e. The molecule has 1 aromatic carbocycles. The zero-order chi connectivity index (χ0) is 21.1. The molecule has 0 spiro atoms. The van der Waals surface area contributed by atoms with E-state index in [-0.39, 0.29) is 23.7 Å². The van der Waals surface area contributed by atoms with Crippen LogP contribution in [-0.2, 0) is 15.9 Å². The van der Waals surface area contributed by atoms with Crippen molar-refractivity contribution in [3.8, 4) is 0 Å². The third-order valence-electron chi connectivity index (χ3n) is 4.44. The van der Waals surface area contributed by atoms with Crippen LogP contribution in [-0.4, -0.2) is 43.2 Å². The van der Waals surface area contributed by atoms with Gasteiger partial charge in [-0.1, -0.05) is 30.3 Å². The van der Waals surface area contributed by atoms with Crippen molar-refractivity contribution >= 4 is 11.7 Å². The molecule has 6 nitrogen and oxygen atoms in total. The molecule has 0 fully saturated rings. The Morgan fingerprint density at radius 3 is 2.38 bits per heavy atom. The summed E-state index contributed by atoms with van der Waals surface area (Å²) in [6.45, 7) is 4.98. The van der Waals surface area contributed by atoms with Gasteiger partial charge < -0.3 is 14.8 Å². The molecule has 0 radical (unpaired) electrons. The first-order valence-corrected chi connectivity index (χ1v) is 10.1. The lowest BCUT2D eigenvalue weighted by Crippen LogP contribution is -2.21. The highest BCUT2D eigenvalue weighted by Gasteiger charge is 2.15. The third-order valence-corrected chi connectivity index (χ3v) is 4.44. The molecule has 6 heteroatoms. The highest BCUT2D eigenvalue weighted by Crippen LogP contribution is 2.16. The van der Waals surface area contributed by atoms with Crippen molar-refractivity contribution in [2.24, 2.45) is 0 Å². The van der Waals surface area contributed by atoms with Gasteiger partial charge in [0.2, 0.25) is 0 Å². The Hall–Kier alpha value is -2.57. The van der Waals surface area contributed by atoms with E-state index in [0.29, 0.717) is 50.2 Å². The zero-order valence-corrected chi connectivity index (χ0v) is 17.4. The van der Waals surface area contributed by atoms with Crippen LogP contribution in [0.15, 0.2) is 42.5 Å². The lowest BCUT2D eigenvalue weighted by Gasteiger charge is -2.16. The summed E-state index contributed by atoms with van der Waals surface area (Å²) in [5, 5.41) is 2.58. The van der Waals surface area contributed by atoms with E-state index in [1.807, 2.05) is 44.2 Å². The van der Waals surface area contributed by atoms with E-state index in [0.717, 1.165) is 5.56 Å². The van der Waals surface area contributed by atoms with Crippen LogP contribution in [0.25, 0.3) is 0 Å². The van der Waals surface area contributed by atoms with Crippen molar-refractivity contribution in [3.05, 3.63) is 65.0 Å². The average molecular weight is 399 g/mol. The predicted molar refractivity (Wildman–Crippen MR) is 112 cm³/mol. The number of ether oxygens (including phenoxy) is 2. The Bertz CT molecular complexity index is 787. The second kappa shape index (κ2) is 12.1. The molecule has 0 aliphatic heterocycles. The lowest BCUT2D eigenvalue weighted by atomic mass is 10.0. The standard InChI is InChI=1S/C23H30N2O4/c1-4-28-22(29-5-2)13-9-12-21(26)18-15-19(14-17-10-7-6-8-11-17)25-20(16-18)23(27)24-3/h6-8,10-11,15-16,22H,4-5,9,12-14H2,1-3H3,(H,24,27). The summed E-state index contributed by atoms with van der Waals surface area (Å²) >= 11 is 0. The number of hydrogen-bond donors (Lipinski definition) is 1. The van der Waals surface area contributed by atoms with Gasteiger partial charge in [-0.25, -0.2) is 4.98 Å². The summed E-state index contributed by atoms with van der Waals surface area (Å²) in [5.41, 5.74) is 2.53. The number of benzene rings is 1. The molecule has 0 saturated carbocycles. The minimum atomic E-state index is -0.304. The van der Waals surface area contributed by atoms with E-state index in [9.17, 15) is 9.59 Å². The lowest BCUT2D eigenvalue weighted by molar-refractivity contribution is -0.139. The molecule has 2 rings (SSSR count). The van der Waals surface area contributed by atoms with Crippen molar-refractivity contribution in [1.82, 2.24) is 10.3 Å². The van der Waals surface area contributed by atoms with Gasteiger partial charge in [0.15, 0.2) is 12.1 Å². The minimum absolute atomic E-state index is 0.0152. The SMILES string of the molecule is CCOC(CCCC(=O)c1cc(Cc2ccccc2)nc(C(=O)NC)c1)OCC. The predicted octanol–water partition coefficient (Wildman–Crippen LogP) is 3.78. The van der Waals surface area contributed by atoms with Crippen LogP contribution in [0.3, 0.4) is 0 Å². The number of hydrogen-bond acceptors (Lipinski definition) is 5. The first-order valence-electron chi connectivity index (χ1n) is 10.1. The molecule has 1 N–H and O–H groups in total. The summed E-state index contributed by atoms with van der Waals surface area (Å²) < 4.78 is 11.0. The topological polar surface area (TPSA) is 77.5 Å². The molecule has 0 saturated heterocycles. The summed E-state index contributed by atoms with van der Waals surface area (Å²) in [7, 11) is 1.55. The molecule has 29 heavy (non-hydrogen) atoms. The van der Waals surface area contributed by atoms with Gasteiger partial charge in [0, 0.05) is 44.4 Å². The Kier molecular flexibility index (Phi) is 9.47. The molecule has 0 unspecified atom stereocenters. The first kappa shape index (κ1) is 22.7. The van der Waals surface area contributed by atoms with Gasteiger partial charge >= 0.3 is 0 Å². The maximum absolute atomic E-state index is 12.8. The van der Waals surface area contributed by atoms with Crippen LogP contribution < -0.4 is 5.32 Å². The van der Waals surface area contributed by atoms with Gasteiger partial charge in [-0.2, -0.15) is 0 Å². The van der Waals surface area contributed by atoms with Crippen molar-refractivity contribution < 1.29 is 19.1 Å². The van der Waals surface area contributed by atoms with Crippen LogP contribution in [0.2, 0.25) is 0 Å². The molecule has 1 amide bonds. The third kappa shape index (κ3) is 7.40. The number of rotatable bonds is 12. The molecular weight excluding hydrogens is 368 g/mol.